The number of nitrogens with zero attached hydrogens (tertiary/aromatic N) is 1. The Hall–Kier alpha value is -2.47. The van der Waals surface area contributed by atoms with E-state index in [0.29, 0.717) is 12.3 Å². The molecule has 1 fully saturated rings. The number of fused-ring (bicyclic) bond motifs is 1. The number of furan rings is 1. The Morgan fingerprint density at radius 1 is 1.17 bits per heavy atom. The minimum Gasteiger partial charge on any atom is -0.459 e. The summed E-state index contributed by atoms with van der Waals surface area (Å²) >= 11 is 0. The zero-order valence-corrected chi connectivity index (χ0v) is 13.4. The van der Waals surface area contributed by atoms with E-state index >= 15 is 0 Å². The van der Waals surface area contributed by atoms with Crippen molar-refractivity contribution in [2.75, 3.05) is 26.4 Å². The number of hydrogen-bond donors (Lipinski definition) is 1. The van der Waals surface area contributed by atoms with E-state index in [-0.39, 0.29) is 18.7 Å². The summed E-state index contributed by atoms with van der Waals surface area (Å²) in [5.41, 5.74) is 1.13. The predicted octanol–water partition coefficient (Wildman–Crippen LogP) is 2.58. The number of nitrogens with one attached hydrogen (secondary N) is 1. The molecule has 1 aromatic heterocycles. The van der Waals surface area contributed by atoms with Crippen molar-refractivity contribution in [1.82, 2.24) is 10.2 Å². The number of rotatable bonds is 5. The van der Waals surface area contributed by atoms with E-state index in [1.807, 2.05) is 12.1 Å². The highest BCUT2D eigenvalue weighted by atomic mass is 16.7. The van der Waals surface area contributed by atoms with Crippen molar-refractivity contribution in [2.24, 2.45) is 0 Å². The molecule has 6 heteroatoms. The Morgan fingerprint density at radius 2 is 2.00 bits per heavy atom. The molecule has 24 heavy (non-hydrogen) atoms. The molecule has 0 aliphatic carbocycles. The number of likely N-dealkylation sites (tertiary alicyclic amines) is 1. The zero-order chi connectivity index (χ0) is 16.4. The number of hydrogen-bond acceptors (Lipinski definition) is 5. The van der Waals surface area contributed by atoms with Crippen LogP contribution in [-0.2, 0) is 0 Å². The van der Waals surface area contributed by atoms with Crippen LogP contribution in [0.2, 0.25) is 0 Å². The highest BCUT2D eigenvalue weighted by Crippen LogP contribution is 2.36. The maximum absolute atomic E-state index is 12.2. The van der Waals surface area contributed by atoms with E-state index in [0.717, 1.165) is 30.2 Å². The summed E-state index contributed by atoms with van der Waals surface area (Å²) in [7, 11) is 0. The van der Waals surface area contributed by atoms with Gasteiger partial charge in [0.25, 0.3) is 5.91 Å². The minimum absolute atomic E-state index is 0.112. The van der Waals surface area contributed by atoms with Gasteiger partial charge in [0.2, 0.25) is 6.79 Å². The molecule has 126 valence electrons. The smallest absolute Gasteiger partial charge is 0.287 e. The van der Waals surface area contributed by atoms with E-state index in [9.17, 15) is 4.79 Å². The Balaban J connectivity index is 1.52. The second-order valence-corrected chi connectivity index (χ2v) is 6.06. The fourth-order valence-electron chi connectivity index (χ4n) is 3.32. The SMILES string of the molecule is O=C(NC[C@@H](c1ccc2c(c1)OCO2)N1CCCC1)c1ccco1. The first-order chi connectivity index (χ1) is 11.8. The van der Waals surface area contributed by atoms with Crippen LogP contribution in [0.1, 0.15) is 35.0 Å². The summed E-state index contributed by atoms with van der Waals surface area (Å²) in [6.45, 7) is 2.87. The molecule has 1 N–H and O–H groups in total. The predicted molar refractivity (Wildman–Crippen MR) is 87.2 cm³/mol. The van der Waals surface area contributed by atoms with E-state index in [4.69, 9.17) is 13.9 Å². The lowest BCUT2D eigenvalue weighted by Crippen LogP contribution is -2.36. The van der Waals surface area contributed by atoms with Gasteiger partial charge in [-0.3, -0.25) is 9.69 Å². The number of carbonyl (C=O) groups is 1. The van der Waals surface area contributed by atoms with Gasteiger partial charge < -0.3 is 19.2 Å². The van der Waals surface area contributed by atoms with Crippen molar-refractivity contribution >= 4 is 5.91 Å². The van der Waals surface area contributed by atoms with Crippen molar-refractivity contribution in [1.29, 1.82) is 0 Å². The molecule has 0 radical (unpaired) electrons. The van der Waals surface area contributed by atoms with E-state index in [1.165, 1.54) is 19.1 Å². The third kappa shape index (κ3) is 2.97. The molecule has 2 aromatic rings. The fraction of sp³-hybridized carbons (Fsp3) is 0.389. The van der Waals surface area contributed by atoms with E-state index < -0.39 is 0 Å². The summed E-state index contributed by atoms with van der Waals surface area (Å²) in [6, 6.07) is 9.50. The van der Waals surface area contributed by atoms with Gasteiger partial charge in [0.1, 0.15) is 0 Å². The molecular formula is C18H20N2O4. The monoisotopic (exact) mass is 328 g/mol. The largest absolute Gasteiger partial charge is 0.459 e. The van der Waals surface area contributed by atoms with Gasteiger partial charge in [0.05, 0.1) is 12.3 Å². The first-order valence-electron chi connectivity index (χ1n) is 8.26. The highest BCUT2D eigenvalue weighted by Gasteiger charge is 2.26. The quantitative estimate of drug-likeness (QED) is 0.914. The maximum Gasteiger partial charge on any atom is 0.287 e. The van der Waals surface area contributed by atoms with E-state index in [1.54, 1.807) is 12.1 Å². The normalized spacial score (nSPS) is 17.8. The Kier molecular flexibility index (Phi) is 4.13. The second-order valence-electron chi connectivity index (χ2n) is 6.06. The van der Waals surface area contributed by atoms with Gasteiger partial charge in [0.15, 0.2) is 17.3 Å². The number of carbonyl (C=O) groups excluding carboxylic acids is 1. The van der Waals surface area contributed by atoms with Crippen LogP contribution < -0.4 is 14.8 Å². The number of ether oxygens (including phenoxy) is 2. The van der Waals surface area contributed by atoms with Crippen molar-refractivity contribution < 1.29 is 18.7 Å². The lowest BCUT2D eigenvalue weighted by atomic mass is 10.0. The van der Waals surface area contributed by atoms with Gasteiger partial charge in [0, 0.05) is 6.54 Å². The van der Waals surface area contributed by atoms with Crippen LogP contribution in [0.25, 0.3) is 0 Å². The van der Waals surface area contributed by atoms with Crippen LogP contribution >= 0.6 is 0 Å². The van der Waals surface area contributed by atoms with Crippen molar-refractivity contribution in [3.63, 3.8) is 0 Å². The highest BCUT2D eigenvalue weighted by molar-refractivity contribution is 5.91. The molecule has 1 atom stereocenters. The Labute approximate surface area is 140 Å². The summed E-state index contributed by atoms with van der Waals surface area (Å²) in [5, 5.41) is 2.98. The lowest BCUT2D eigenvalue weighted by Gasteiger charge is -2.28. The van der Waals surface area contributed by atoms with Gasteiger partial charge in [-0.15, -0.1) is 0 Å². The third-order valence-electron chi connectivity index (χ3n) is 4.56. The van der Waals surface area contributed by atoms with Gasteiger partial charge in [-0.2, -0.15) is 0 Å². The lowest BCUT2D eigenvalue weighted by molar-refractivity contribution is 0.0910. The molecule has 2 aliphatic heterocycles. The molecule has 0 bridgehead atoms. The van der Waals surface area contributed by atoms with E-state index in [2.05, 4.69) is 16.3 Å². The first-order valence-corrected chi connectivity index (χ1v) is 8.26. The van der Waals surface area contributed by atoms with Gasteiger partial charge in [-0.25, -0.2) is 0 Å². The molecule has 1 saturated heterocycles. The first kappa shape index (κ1) is 15.1. The average molecular weight is 328 g/mol. The van der Waals surface area contributed by atoms with Crippen molar-refractivity contribution in [3.05, 3.63) is 47.9 Å². The standard InChI is InChI=1S/C18H20N2O4/c21-18(16-4-3-9-22-16)19-11-14(20-7-1-2-8-20)13-5-6-15-17(10-13)24-12-23-15/h3-6,9-10,14H,1-2,7-8,11-12H2,(H,19,21)/t14-/m0/s1. The van der Waals surface area contributed by atoms with Crippen LogP contribution in [0.15, 0.2) is 41.0 Å². The van der Waals surface area contributed by atoms with Gasteiger partial charge in [-0.05, 0) is 55.8 Å². The molecule has 2 aliphatic rings. The van der Waals surface area contributed by atoms with Gasteiger partial charge in [-0.1, -0.05) is 6.07 Å². The topological polar surface area (TPSA) is 63.9 Å². The van der Waals surface area contributed by atoms with Crippen molar-refractivity contribution in [2.45, 2.75) is 18.9 Å². The Morgan fingerprint density at radius 3 is 2.79 bits per heavy atom. The van der Waals surface area contributed by atoms with Crippen LogP contribution in [0, 0.1) is 0 Å². The second kappa shape index (κ2) is 6.57. The van der Waals surface area contributed by atoms with Crippen LogP contribution in [0.5, 0.6) is 11.5 Å². The molecular weight excluding hydrogens is 308 g/mol. The summed E-state index contributed by atoms with van der Waals surface area (Å²) in [6.07, 6.45) is 3.88. The third-order valence-corrected chi connectivity index (χ3v) is 4.56. The molecule has 0 spiro atoms. The van der Waals surface area contributed by atoms with Crippen LogP contribution in [0.3, 0.4) is 0 Å². The van der Waals surface area contributed by atoms with Gasteiger partial charge >= 0.3 is 0 Å². The fourth-order valence-corrected chi connectivity index (χ4v) is 3.32. The zero-order valence-electron chi connectivity index (χ0n) is 13.4. The van der Waals surface area contributed by atoms with Crippen LogP contribution in [-0.4, -0.2) is 37.2 Å². The molecule has 0 saturated carbocycles. The Bertz CT molecular complexity index is 708. The minimum atomic E-state index is -0.190. The molecule has 1 amide bonds. The summed E-state index contributed by atoms with van der Waals surface area (Å²) < 4.78 is 16.0. The summed E-state index contributed by atoms with van der Waals surface area (Å²) in [4.78, 5) is 14.6. The number of benzene rings is 1. The number of amides is 1. The maximum atomic E-state index is 12.2. The summed E-state index contributed by atoms with van der Waals surface area (Å²) in [5.74, 6) is 1.69. The molecule has 0 unspecified atom stereocenters. The molecule has 4 rings (SSSR count). The van der Waals surface area contributed by atoms with Crippen molar-refractivity contribution in [3.8, 4) is 11.5 Å². The molecule has 6 nitrogen and oxygen atoms in total. The van der Waals surface area contributed by atoms with Crippen LogP contribution in [0.4, 0.5) is 0 Å². The molecule has 3 heterocycles. The molecule has 1 aromatic carbocycles. The average Bonchev–Trinajstić information content (AvgIpc) is 3.35.